The van der Waals surface area contributed by atoms with Gasteiger partial charge in [0, 0.05) is 13.0 Å². The molecule has 0 aromatic heterocycles. The first-order valence-electron chi connectivity index (χ1n) is 7.81. The summed E-state index contributed by atoms with van der Waals surface area (Å²) in [7, 11) is -2.30. The van der Waals surface area contributed by atoms with Crippen LogP contribution in [0.1, 0.15) is 33.3 Å². The molecule has 0 fully saturated rings. The number of likely N-dealkylation sites (N-methyl/N-ethyl adjacent to an activating group) is 1. The molecule has 0 saturated heterocycles. The second kappa shape index (κ2) is 7.79. The number of hydrogen-bond donors (Lipinski definition) is 2. The molecule has 0 bridgehead atoms. The van der Waals surface area contributed by atoms with Crippen molar-refractivity contribution in [2.24, 2.45) is 5.92 Å². The second-order valence-corrected chi connectivity index (χ2v) is 9.13. The van der Waals surface area contributed by atoms with E-state index in [2.05, 4.69) is 10.6 Å². The fraction of sp³-hybridized carbons (Fsp3) is 0.529. The van der Waals surface area contributed by atoms with E-state index in [1.165, 1.54) is 20.9 Å². The van der Waals surface area contributed by atoms with Crippen LogP contribution in [-0.4, -0.2) is 38.1 Å². The Morgan fingerprint density at radius 2 is 1.62 bits per heavy atom. The van der Waals surface area contributed by atoms with E-state index in [1.54, 1.807) is 44.2 Å². The van der Waals surface area contributed by atoms with Gasteiger partial charge in [-0.3, -0.25) is 9.59 Å². The predicted octanol–water partition coefficient (Wildman–Crippen LogP) is 1.27. The lowest BCUT2D eigenvalue weighted by atomic mass is 10.0. The van der Waals surface area contributed by atoms with Crippen molar-refractivity contribution in [3.8, 4) is 0 Å². The first-order valence-corrected chi connectivity index (χ1v) is 9.46. The van der Waals surface area contributed by atoms with E-state index in [9.17, 15) is 18.0 Å². The van der Waals surface area contributed by atoms with Crippen LogP contribution in [0, 0.1) is 5.92 Å². The molecule has 2 N–H and O–H groups in total. The van der Waals surface area contributed by atoms with Crippen molar-refractivity contribution in [1.29, 1.82) is 0 Å². The molecule has 2 amide bonds. The molecule has 7 heteroatoms. The van der Waals surface area contributed by atoms with Crippen LogP contribution in [0.2, 0.25) is 0 Å². The molecule has 0 radical (unpaired) electrons. The number of sulfone groups is 1. The first-order chi connectivity index (χ1) is 11.0. The molecule has 24 heavy (non-hydrogen) atoms. The Morgan fingerprint density at radius 1 is 1.08 bits per heavy atom. The summed E-state index contributed by atoms with van der Waals surface area (Å²) in [6, 6.07) is 7.58. The molecule has 0 spiro atoms. The summed E-state index contributed by atoms with van der Waals surface area (Å²) in [5.74, 6) is -1.46. The van der Waals surface area contributed by atoms with Crippen molar-refractivity contribution >= 4 is 21.7 Å². The van der Waals surface area contributed by atoms with E-state index in [0.29, 0.717) is 5.56 Å². The van der Waals surface area contributed by atoms with Crippen LogP contribution >= 0.6 is 0 Å². The molecular formula is C17H26N2O4S. The minimum atomic E-state index is -3.71. The third-order valence-corrected chi connectivity index (χ3v) is 6.57. The Morgan fingerprint density at radius 3 is 2.08 bits per heavy atom. The topological polar surface area (TPSA) is 92.3 Å². The van der Waals surface area contributed by atoms with Crippen LogP contribution in [0.25, 0.3) is 0 Å². The molecule has 1 aromatic carbocycles. The van der Waals surface area contributed by atoms with Crippen molar-refractivity contribution in [2.45, 2.75) is 44.2 Å². The van der Waals surface area contributed by atoms with Gasteiger partial charge in [0.1, 0.15) is 6.04 Å². The molecular weight excluding hydrogens is 328 g/mol. The Labute approximate surface area is 143 Å². The van der Waals surface area contributed by atoms with Crippen LogP contribution in [0.4, 0.5) is 0 Å². The SMILES string of the molecule is CNC(=O)C(NC(=O)C(C)C)C(C)(C)S(=O)(=O)Cc1ccccc1. The summed E-state index contributed by atoms with van der Waals surface area (Å²) in [4.78, 5) is 24.2. The van der Waals surface area contributed by atoms with Gasteiger partial charge in [-0.1, -0.05) is 44.2 Å². The van der Waals surface area contributed by atoms with E-state index < -0.39 is 26.5 Å². The molecule has 134 valence electrons. The van der Waals surface area contributed by atoms with E-state index in [1.807, 2.05) is 0 Å². The van der Waals surface area contributed by atoms with Gasteiger partial charge in [-0.2, -0.15) is 0 Å². The highest BCUT2D eigenvalue weighted by atomic mass is 32.2. The summed E-state index contributed by atoms with van der Waals surface area (Å²) in [5, 5.41) is 5.00. The zero-order valence-electron chi connectivity index (χ0n) is 14.8. The predicted molar refractivity (Wildman–Crippen MR) is 94.0 cm³/mol. The Balaban J connectivity index is 3.17. The average molecular weight is 354 g/mol. The molecule has 0 aliphatic carbocycles. The molecule has 0 aliphatic rings. The molecule has 0 saturated carbocycles. The van der Waals surface area contributed by atoms with Gasteiger partial charge in [-0.15, -0.1) is 0 Å². The van der Waals surface area contributed by atoms with Crippen molar-refractivity contribution in [1.82, 2.24) is 10.6 Å². The van der Waals surface area contributed by atoms with E-state index >= 15 is 0 Å². The summed E-state index contributed by atoms with van der Waals surface area (Å²) >= 11 is 0. The number of amides is 2. The fourth-order valence-corrected chi connectivity index (χ4v) is 3.70. The van der Waals surface area contributed by atoms with Gasteiger partial charge in [-0.25, -0.2) is 8.42 Å². The average Bonchev–Trinajstić information content (AvgIpc) is 2.51. The van der Waals surface area contributed by atoms with Gasteiger partial charge < -0.3 is 10.6 Å². The van der Waals surface area contributed by atoms with Crippen molar-refractivity contribution in [2.75, 3.05) is 7.05 Å². The zero-order chi connectivity index (χ0) is 18.5. The maximum absolute atomic E-state index is 12.9. The molecule has 1 aromatic rings. The number of carbonyl (C=O) groups is 2. The number of rotatable bonds is 7. The molecule has 1 rings (SSSR count). The standard InChI is InChI=1S/C17H26N2O4S/c1-12(2)15(20)19-14(16(21)18-5)17(3,4)24(22,23)11-13-9-7-6-8-10-13/h6-10,12,14H,11H2,1-5H3,(H,18,21)(H,19,20). The third kappa shape index (κ3) is 4.56. The van der Waals surface area contributed by atoms with Crippen LogP contribution in [0.15, 0.2) is 30.3 Å². The van der Waals surface area contributed by atoms with Gasteiger partial charge >= 0.3 is 0 Å². The van der Waals surface area contributed by atoms with Gasteiger partial charge in [0.05, 0.1) is 10.5 Å². The normalized spacial score (nSPS) is 13.4. The minimum Gasteiger partial charge on any atom is -0.357 e. The van der Waals surface area contributed by atoms with Crippen LogP contribution in [0.3, 0.4) is 0 Å². The van der Waals surface area contributed by atoms with E-state index in [0.717, 1.165) is 0 Å². The van der Waals surface area contributed by atoms with Crippen LogP contribution in [-0.2, 0) is 25.2 Å². The van der Waals surface area contributed by atoms with E-state index in [4.69, 9.17) is 0 Å². The molecule has 0 heterocycles. The Bertz CT molecular complexity index is 682. The highest BCUT2D eigenvalue weighted by Crippen LogP contribution is 2.26. The monoisotopic (exact) mass is 354 g/mol. The highest BCUT2D eigenvalue weighted by Gasteiger charge is 2.46. The van der Waals surface area contributed by atoms with E-state index in [-0.39, 0.29) is 17.6 Å². The Hall–Kier alpha value is -1.89. The van der Waals surface area contributed by atoms with Gasteiger partial charge in [0.25, 0.3) is 0 Å². The second-order valence-electron chi connectivity index (χ2n) is 6.56. The van der Waals surface area contributed by atoms with Gasteiger partial charge in [0.15, 0.2) is 9.84 Å². The smallest absolute Gasteiger partial charge is 0.243 e. The lowest BCUT2D eigenvalue weighted by Crippen LogP contribution is -2.61. The van der Waals surface area contributed by atoms with Crippen molar-refractivity contribution in [3.63, 3.8) is 0 Å². The number of carbonyl (C=O) groups excluding carboxylic acids is 2. The lowest BCUT2D eigenvalue weighted by molar-refractivity contribution is -0.131. The third-order valence-electron chi connectivity index (χ3n) is 4.02. The molecule has 1 atom stereocenters. The molecule has 1 unspecified atom stereocenters. The van der Waals surface area contributed by atoms with Crippen molar-refractivity contribution < 1.29 is 18.0 Å². The van der Waals surface area contributed by atoms with Crippen molar-refractivity contribution in [3.05, 3.63) is 35.9 Å². The maximum Gasteiger partial charge on any atom is 0.243 e. The number of nitrogens with one attached hydrogen (secondary N) is 2. The fourth-order valence-electron chi connectivity index (χ4n) is 2.17. The minimum absolute atomic E-state index is 0.202. The molecule has 0 aliphatic heterocycles. The zero-order valence-corrected chi connectivity index (χ0v) is 15.6. The highest BCUT2D eigenvalue weighted by molar-refractivity contribution is 7.92. The Kier molecular flexibility index (Phi) is 6.54. The number of benzene rings is 1. The number of hydrogen-bond acceptors (Lipinski definition) is 4. The quantitative estimate of drug-likeness (QED) is 0.771. The summed E-state index contributed by atoms with van der Waals surface area (Å²) < 4.78 is 24.3. The maximum atomic E-state index is 12.9. The summed E-state index contributed by atoms with van der Waals surface area (Å²) in [6.45, 7) is 6.29. The molecule has 6 nitrogen and oxygen atoms in total. The lowest BCUT2D eigenvalue weighted by Gasteiger charge is -2.33. The summed E-state index contributed by atoms with van der Waals surface area (Å²) in [6.07, 6.45) is 0. The largest absolute Gasteiger partial charge is 0.357 e. The van der Waals surface area contributed by atoms with Crippen LogP contribution in [0.5, 0.6) is 0 Å². The van der Waals surface area contributed by atoms with Gasteiger partial charge in [0.2, 0.25) is 11.8 Å². The van der Waals surface area contributed by atoms with Crippen LogP contribution < -0.4 is 10.6 Å². The van der Waals surface area contributed by atoms with Gasteiger partial charge in [-0.05, 0) is 19.4 Å². The first kappa shape index (κ1) is 20.2. The summed E-state index contributed by atoms with van der Waals surface area (Å²) in [5.41, 5.74) is 0.636.